The molecule has 1 fully saturated rings. The third-order valence-corrected chi connectivity index (χ3v) is 6.60. The zero-order valence-corrected chi connectivity index (χ0v) is 18.2. The minimum absolute atomic E-state index is 0.117. The van der Waals surface area contributed by atoms with Crippen molar-refractivity contribution in [2.24, 2.45) is 0 Å². The summed E-state index contributed by atoms with van der Waals surface area (Å²) in [6, 6.07) is 4.35. The normalized spacial score (nSPS) is 23.6. The summed E-state index contributed by atoms with van der Waals surface area (Å²) in [5.74, 6) is 0.276. The lowest BCUT2D eigenvalue weighted by atomic mass is 9.79. The second kappa shape index (κ2) is 7.01. The highest BCUT2D eigenvalue weighted by atomic mass is 32.2. The van der Waals surface area contributed by atoms with Gasteiger partial charge in [-0.15, -0.1) is 0 Å². The predicted octanol–water partition coefficient (Wildman–Crippen LogP) is 5.55. The van der Waals surface area contributed by atoms with Gasteiger partial charge in [0.1, 0.15) is 0 Å². The van der Waals surface area contributed by atoms with Gasteiger partial charge in [0.25, 0.3) is 11.1 Å². The van der Waals surface area contributed by atoms with Gasteiger partial charge >= 0.3 is 0 Å². The van der Waals surface area contributed by atoms with Gasteiger partial charge in [-0.25, -0.2) is 0 Å². The number of rotatable bonds is 3. The van der Waals surface area contributed by atoms with Crippen molar-refractivity contribution in [1.82, 2.24) is 4.90 Å². The number of hydrogen-bond acceptors (Lipinski definition) is 4. The molecule has 0 aliphatic carbocycles. The molecule has 0 spiro atoms. The zero-order valence-electron chi connectivity index (χ0n) is 17.4. The number of nitrogens with zero attached hydrogens (tertiary/aromatic N) is 2. The average molecular weight is 387 g/mol. The van der Waals surface area contributed by atoms with Crippen LogP contribution in [0.1, 0.15) is 70.6 Å². The van der Waals surface area contributed by atoms with Crippen molar-refractivity contribution in [1.29, 1.82) is 0 Å². The first-order chi connectivity index (χ1) is 12.6. The van der Waals surface area contributed by atoms with E-state index in [0.29, 0.717) is 10.8 Å². The fourth-order valence-electron chi connectivity index (χ4n) is 4.47. The molecule has 146 valence electrons. The van der Waals surface area contributed by atoms with E-state index < -0.39 is 0 Å². The minimum atomic E-state index is -0.179. The van der Waals surface area contributed by atoms with Crippen LogP contribution in [0.5, 0.6) is 0 Å². The summed E-state index contributed by atoms with van der Waals surface area (Å²) >= 11 is 1.04. The smallest absolute Gasteiger partial charge is 0.293 e. The molecule has 4 nitrogen and oxygen atoms in total. The first kappa shape index (κ1) is 20.0. The Bertz CT molecular complexity index is 826. The number of aryl methyl sites for hydroxylation is 1. The Morgan fingerprint density at radius 3 is 2.52 bits per heavy atom. The van der Waals surface area contributed by atoms with Crippen LogP contribution in [0.25, 0.3) is 6.08 Å². The van der Waals surface area contributed by atoms with Crippen molar-refractivity contribution >= 4 is 34.7 Å². The van der Waals surface area contributed by atoms with Gasteiger partial charge in [0.2, 0.25) is 0 Å². The number of thioether (sulfide) groups is 1. The number of benzene rings is 1. The van der Waals surface area contributed by atoms with Gasteiger partial charge in [0.15, 0.2) is 0 Å². The molecule has 0 unspecified atom stereocenters. The SMILES string of the molecule is CCN1c2cc(C)c(/C=C3\SC(=O)N(C(C)C)C3=O)cc2[C@H](C)CC1(C)C. The number of imide groups is 1. The topological polar surface area (TPSA) is 40.6 Å². The minimum Gasteiger partial charge on any atom is -0.366 e. The molecule has 27 heavy (non-hydrogen) atoms. The van der Waals surface area contributed by atoms with Crippen LogP contribution in [0.2, 0.25) is 0 Å². The molecule has 0 N–H and O–H groups in total. The van der Waals surface area contributed by atoms with E-state index in [9.17, 15) is 9.59 Å². The van der Waals surface area contributed by atoms with Crippen molar-refractivity contribution in [2.45, 2.75) is 72.4 Å². The van der Waals surface area contributed by atoms with E-state index in [4.69, 9.17) is 0 Å². The summed E-state index contributed by atoms with van der Waals surface area (Å²) in [4.78, 5) is 29.1. The van der Waals surface area contributed by atoms with Gasteiger partial charge in [-0.05, 0) is 101 Å². The summed E-state index contributed by atoms with van der Waals surface area (Å²) in [6.45, 7) is 15.9. The Kier molecular flexibility index (Phi) is 5.19. The highest BCUT2D eigenvalue weighted by Crippen LogP contribution is 2.45. The van der Waals surface area contributed by atoms with E-state index in [2.05, 4.69) is 51.7 Å². The standard InChI is InChI=1S/C22H30N2O2S/c1-8-23-18-9-14(4)16(10-17(18)15(5)12-22(23,6)7)11-19-20(25)24(13(2)3)21(26)27-19/h9-11,13,15H,8,12H2,1-7H3/b19-11-/t15-/m1/s1. The van der Waals surface area contributed by atoms with Crippen LogP contribution in [-0.2, 0) is 4.79 Å². The van der Waals surface area contributed by atoms with Crippen LogP contribution in [0.4, 0.5) is 10.5 Å². The van der Waals surface area contributed by atoms with Gasteiger partial charge in [0.05, 0.1) is 4.91 Å². The van der Waals surface area contributed by atoms with Crippen LogP contribution < -0.4 is 4.90 Å². The van der Waals surface area contributed by atoms with E-state index in [0.717, 1.165) is 35.9 Å². The molecular formula is C22H30N2O2S. The van der Waals surface area contributed by atoms with Crippen molar-refractivity contribution < 1.29 is 9.59 Å². The van der Waals surface area contributed by atoms with Gasteiger partial charge in [-0.1, -0.05) is 6.92 Å². The Hall–Kier alpha value is -1.75. The quantitative estimate of drug-likeness (QED) is 0.639. The fourth-order valence-corrected chi connectivity index (χ4v) is 5.42. The molecule has 1 atom stereocenters. The molecule has 1 aromatic rings. The summed E-state index contributed by atoms with van der Waals surface area (Å²) in [5.41, 5.74) is 4.93. The molecule has 1 saturated heterocycles. The lowest BCUT2D eigenvalue weighted by Gasteiger charge is -2.47. The highest BCUT2D eigenvalue weighted by Gasteiger charge is 2.38. The summed E-state index contributed by atoms with van der Waals surface area (Å²) < 4.78 is 0. The molecule has 3 rings (SSSR count). The molecule has 0 saturated carbocycles. The van der Waals surface area contributed by atoms with Gasteiger partial charge in [-0.2, -0.15) is 0 Å². The van der Waals surface area contributed by atoms with Crippen LogP contribution in [-0.4, -0.2) is 34.2 Å². The van der Waals surface area contributed by atoms with Crippen molar-refractivity contribution in [3.05, 3.63) is 33.7 Å². The monoisotopic (exact) mass is 386 g/mol. The van der Waals surface area contributed by atoms with Gasteiger partial charge < -0.3 is 4.90 Å². The summed E-state index contributed by atoms with van der Waals surface area (Å²) in [6.07, 6.45) is 2.99. The fraction of sp³-hybridized carbons (Fsp3) is 0.545. The largest absolute Gasteiger partial charge is 0.366 e. The molecular weight excluding hydrogens is 356 g/mol. The van der Waals surface area contributed by atoms with Gasteiger partial charge in [0, 0.05) is 23.8 Å². The molecule has 2 aliphatic rings. The second-order valence-corrected chi connectivity index (χ2v) is 9.57. The van der Waals surface area contributed by atoms with E-state index in [1.54, 1.807) is 0 Å². The Balaban J connectivity index is 2.04. The first-order valence-electron chi connectivity index (χ1n) is 9.76. The lowest BCUT2D eigenvalue weighted by Crippen LogP contribution is -2.48. The number of amides is 2. The van der Waals surface area contributed by atoms with E-state index in [1.807, 2.05) is 19.9 Å². The molecule has 0 radical (unpaired) electrons. The maximum atomic E-state index is 12.6. The van der Waals surface area contributed by atoms with Crippen molar-refractivity contribution in [2.75, 3.05) is 11.4 Å². The summed E-state index contributed by atoms with van der Waals surface area (Å²) in [5, 5.41) is -0.177. The maximum Gasteiger partial charge on any atom is 0.293 e. The molecule has 0 aromatic heterocycles. The average Bonchev–Trinajstić information content (AvgIpc) is 2.82. The van der Waals surface area contributed by atoms with Crippen LogP contribution >= 0.6 is 11.8 Å². The lowest BCUT2D eigenvalue weighted by molar-refractivity contribution is -0.123. The number of carbonyl (C=O) groups excluding carboxylic acids is 2. The van der Waals surface area contributed by atoms with Crippen LogP contribution in [0.3, 0.4) is 0 Å². The second-order valence-electron chi connectivity index (χ2n) is 8.57. The Morgan fingerprint density at radius 2 is 1.96 bits per heavy atom. The van der Waals surface area contributed by atoms with Crippen LogP contribution in [0, 0.1) is 6.92 Å². The number of carbonyl (C=O) groups is 2. The highest BCUT2D eigenvalue weighted by molar-refractivity contribution is 8.18. The van der Waals surface area contributed by atoms with Crippen LogP contribution in [0.15, 0.2) is 17.0 Å². The van der Waals surface area contributed by atoms with Crippen molar-refractivity contribution in [3.8, 4) is 0 Å². The third-order valence-electron chi connectivity index (χ3n) is 5.72. The van der Waals surface area contributed by atoms with E-state index in [1.165, 1.54) is 16.2 Å². The number of anilines is 1. The first-order valence-corrected chi connectivity index (χ1v) is 10.6. The molecule has 2 amide bonds. The van der Waals surface area contributed by atoms with Crippen molar-refractivity contribution in [3.63, 3.8) is 0 Å². The van der Waals surface area contributed by atoms with E-state index in [-0.39, 0.29) is 22.7 Å². The number of fused-ring (bicyclic) bond motifs is 1. The maximum absolute atomic E-state index is 12.6. The molecule has 1 aromatic carbocycles. The van der Waals surface area contributed by atoms with E-state index >= 15 is 0 Å². The van der Waals surface area contributed by atoms with Gasteiger partial charge in [-0.3, -0.25) is 14.5 Å². The Labute approximate surface area is 167 Å². The molecule has 0 bridgehead atoms. The predicted molar refractivity (Wildman–Crippen MR) is 114 cm³/mol. The molecule has 2 aliphatic heterocycles. The molecule has 5 heteroatoms. The third kappa shape index (κ3) is 3.42. The Morgan fingerprint density at radius 1 is 1.30 bits per heavy atom. The molecule has 2 heterocycles. The number of hydrogen-bond donors (Lipinski definition) is 0. The summed E-state index contributed by atoms with van der Waals surface area (Å²) in [7, 11) is 0. The zero-order chi connectivity index (χ0) is 20.1.